The van der Waals surface area contributed by atoms with Crippen LogP contribution in [-0.4, -0.2) is 24.5 Å². The van der Waals surface area contributed by atoms with Crippen molar-refractivity contribution >= 4 is 33.4 Å². The highest BCUT2D eigenvalue weighted by Crippen LogP contribution is 2.27. The van der Waals surface area contributed by atoms with Crippen molar-refractivity contribution in [3.05, 3.63) is 94.0 Å². The minimum Gasteiger partial charge on any atom is -0.492 e. The number of nitrogens with one attached hydrogen (secondary N) is 2. The molecule has 0 aromatic heterocycles. The van der Waals surface area contributed by atoms with Crippen molar-refractivity contribution in [2.75, 3.05) is 11.9 Å². The van der Waals surface area contributed by atoms with Crippen LogP contribution in [0, 0.1) is 0 Å². The number of carbonyl (C=O) groups excluding carboxylic acids is 2. The maximum absolute atomic E-state index is 12.7. The van der Waals surface area contributed by atoms with Crippen molar-refractivity contribution in [3.63, 3.8) is 0 Å². The number of hydrogen-bond donors (Lipinski definition) is 2. The molecule has 0 bridgehead atoms. The van der Waals surface area contributed by atoms with Gasteiger partial charge in [0, 0.05) is 29.3 Å². The first-order valence-electron chi connectivity index (χ1n) is 11.8. The standard InChI is InChI=1S/C28H29BrN2O3/c29-25-19-22(13-16-26(25)34-18-17-20-7-3-1-4-8-20)28(33)31-24-14-11-21(12-15-24)27(32)30-23-9-5-2-6-10-23/h1,3-4,7-8,11-16,19,23H,2,5-6,9-10,17-18H2,(H,30,32)(H,31,33). The van der Waals surface area contributed by atoms with Gasteiger partial charge in [-0.1, -0.05) is 49.6 Å². The van der Waals surface area contributed by atoms with Crippen molar-refractivity contribution in [1.82, 2.24) is 5.32 Å². The predicted octanol–water partition coefficient (Wildman–Crippen LogP) is 6.39. The van der Waals surface area contributed by atoms with Gasteiger partial charge in [-0.15, -0.1) is 0 Å². The Hall–Kier alpha value is -3.12. The summed E-state index contributed by atoms with van der Waals surface area (Å²) >= 11 is 3.50. The fourth-order valence-electron chi connectivity index (χ4n) is 4.11. The van der Waals surface area contributed by atoms with Gasteiger partial charge in [-0.3, -0.25) is 9.59 Å². The SMILES string of the molecule is O=C(Nc1ccc(C(=O)NC2CCCCC2)cc1)c1ccc(OCCc2ccccc2)c(Br)c1. The van der Waals surface area contributed by atoms with Crippen molar-refractivity contribution in [2.24, 2.45) is 0 Å². The van der Waals surface area contributed by atoms with Crippen molar-refractivity contribution < 1.29 is 14.3 Å². The average molecular weight is 521 g/mol. The number of carbonyl (C=O) groups is 2. The quantitative estimate of drug-likeness (QED) is 0.361. The van der Waals surface area contributed by atoms with Gasteiger partial charge in [-0.05, 0) is 76.8 Å². The van der Waals surface area contributed by atoms with Crippen molar-refractivity contribution in [2.45, 2.75) is 44.6 Å². The Kier molecular flexibility index (Phi) is 8.36. The van der Waals surface area contributed by atoms with E-state index in [0.29, 0.717) is 29.2 Å². The summed E-state index contributed by atoms with van der Waals surface area (Å²) in [5, 5.41) is 6.00. The first-order chi connectivity index (χ1) is 16.6. The van der Waals surface area contributed by atoms with E-state index < -0.39 is 0 Å². The van der Waals surface area contributed by atoms with Crippen LogP contribution in [-0.2, 0) is 6.42 Å². The average Bonchev–Trinajstić information content (AvgIpc) is 2.86. The molecule has 0 radical (unpaired) electrons. The first-order valence-corrected chi connectivity index (χ1v) is 12.6. The lowest BCUT2D eigenvalue weighted by molar-refractivity contribution is 0.0927. The Morgan fingerprint density at radius 3 is 2.26 bits per heavy atom. The number of rotatable bonds is 8. The summed E-state index contributed by atoms with van der Waals surface area (Å²) in [5.41, 5.74) is 2.97. The molecule has 3 aromatic rings. The first kappa shape index (κ1) is 24.0. The Balaban J connectivity index is 1.29. The van der Waals surface area contributed by atoms with Gasteiger partial charge in [0.15, 0.2) is 0 Å². The number of ether oxygens (including phenoxy) is 1. The van der Waals surface area contributed by atoms with Crippen LogP contribution in [0.25, 0.3) is 0 Å². The van der Waals surface area contributed by atoms with Crippen LogP contribution in [0.3, 0.4) is 0 Å². The van der Waals surface area contributed by atoms with Crippen LogP contribution in [0.2, 0.25) is 0 Å². The monoisotopic (exact) mass is 520 g/mol. The fraction of sp³-hybridized carbons (Fsp3) is 0.286. The van der Waals surface area contributed by atoms with E-state index in [1.165, 1.54) is 24.8 Å². The molecule has 4 rings (SSSR count). The minimum absolute atomic E-state index is 0.0587. The van der Waals surface area contributed by atoms with Crippen LogP contribution in [0.1, 0.15) is 58.4 Å². The molecule has 3 aromatic carbocycles. The molecule has 5 nitrogen and oxygen atoms in total. The van der Waals surface area contributed by atoms with Crippen LogP contribution in [0.4, 0.5) is 5.69 Å². The van der Waals surface area contributed by atoms with E-state index in [2.05, 4.69) is 38.7 Å². The lowest BCUT2D eigenvalue weighted by Crippen LogP contribution is -2.36. The molecule has 0 atom stereocenters. The van der Waals surface area contributed by atoms with Gasteiger partial charge in [0.25, 0.3) is 11.8 Å². The summed E-state index contributed by atoms with van der Waals surface area (Å²) in [6, 6.07) is 22.7. The van der Waals surface area contributed by atoms with Gasteiger partial charge < -0.3 is 15.4 Å². The molecule has 0 aliphatic heterocycles. The normalized spacial score (nSPS) is 13.8. The molecule has 1 aliphatic carbocycles. The maximum Gasteiger partial charge on any atom is 0.255 e. The van der Waals surface area contributed by atoms with Gasteiger partial charge >= 0.3 is 0 Å². The van der Waals surface area contributed by atoms with Gasteiger partial charge in [-0.25, -0.2) is 0 Å². The Bertz CT molecular complexity index is 1110. The molecule has 34 heavy (non-hydrogen) atoms. The zero-order valence-electron chi connectivity index (χ0n) is 19.1. The molecule has 0 heterocycles. The number of anilines is 1. The van der Waals surface area contributed by atoms with Gasteiger partial charge in [-0.2, -0.15) is 0 Å². The second-order valence-electron chi connectivity index (χ2n) is 8.57. The summed E-state index contributed by atoms with van der Waals surface area (Å²) < 4.78 is 6.59. The molecule has 1 aliphatic rings. The highest BCUT2D eigenvalue weighted by atomic mass is 79.9. The van der Waals surface area contributed by atoms with E-state index in [1.807, 2.05) is 18.2 Å². The minimum atomic E-state index is -0.226. The third kappa shape index (κ3) is 6.70. The summed E-state index contributed by atoms with van der Waals surface area (Å²) in [6.45, 7) is 0.550. The van der Waals surface area contributed by atoms with Crippen LogP contribution >= 0.6 is 15.9 Å². The molecule has 1 saturated carbocycles. The molecular weight excluding hydrogens is 492 g/mol. The van der Waals surface area contributed by atoms with Gasteiger partial charge in [0.05, 0.1) is 11.1 Å². The topological polar surface area (TPSA) is 67.4 Å². The molecule has 6 heteroatoms. The van der Waals surface area contributed by atoms with E-state index in [-0.39, 0.29) is 17.9 Å². The Morgan fingerprint density at radius 2 is 1.56 bits per heavy atom. The number of halogens is 1. The molecule has 0 spiro atoms. The van der Waals surface area contributed by atoms with E-state index >= 15 is 0 Å². The summed E-state index contributed by atoms with van der Waals surface area (Å²) in [5.74, 6) is 0.410. The highest BCUT2D eigenvalue weighted by Gasteiger charge is 2.17. The molecule has 2 N–H and O–H groups in total. The molecule has 176 valence electrons. The zero-order valence-corrected chi connectivity index (χ0v) is 20.6. The lowest BCUT2D eigenvalue weighted by Gasteiger charge is -2.22. The Morgan fingerprint density at radius 1 is 0.853 bits per heavy atom. The largest absolute Gasteiger partial charge is 0.492 e. The van der Waals surface area contributed by atoms with Gasteiger partial charge in [0.2, 0.25) is 0 Å². The molecule has 1 fully saturated rings. The number of hydrogen-bond acceptors (Lipinski definition) is 3. The van der Waals surface area contributed by atoms with Crippen LogP contribution < -0.4 is 15.4 Å². The third-order valence-corrected chi connectivity index (χ3v) is 6.65. The Labute approximate surface area is 209 Å². The van der Waals surface area contributed by atoms with Crippen molar-refractivity contribution in [3.8, 4) is 5.75 Å². The van der Waals surface area contributed by atoms with Crippen molar-refractivity contribution in [1.29, 1.82) is 0 Å². The van der Waals surface area contributed by atoms with E-state index in [9.17, 15) is 9.59 Å². The summed E-state index contributed by atoms with van der Waals surface area (Å²) in [6.07, 6.45) is 6.50. The van der Waals surface area contributed by atoms with Crippen LogP contribution in [0.5, 0.6) is 5.75 Å². The highest BCUT2D eigenvalue weighted by molar-refractivity contribution is 9.10. The lowest BCUT2D eigenvalue weighted by atomic mass is 9.95. The maximum atomic E-state index is 12.7. The third-order valence-electron chi connectivity index (χ3n) is 6.03. The van der Waals surface area contributed by atoms with E-state index in [1.54, 1.807) is 42.5 Å². The van der Waals surface area contributed by atoms with E-state index in [0.717, 1.165) is 23.7 Å². The zero-order chi connectivity index (χ0) is 23.8. The molecule has 0 saturated heterocycles. The fourth-order valence-corrected chi connectivity index (χ4v) is 4.60. The summed E-state index contributed by atoms with van der Waals surface area (Å²) in [7, 11) is 0. The smallest absolute Gasteiger partial charge is 0.255 e. The second-order valence-corrected chi connectivity index (χ2v) is 9.42. The number of benzene rings is 3. The van der Waals surface area contributed by atoms with Gasteiger partial charge in [0.1, 0.15) is 5.75 Å². The number of amides is 2. The summed E-state index contributed by atoms with van der Waals surface area (Å²) in [4.78, 5) is 25.2. The second kappa shape index (κ2) is 11.8. The molecule has 0 unspecified atom stereocenters. The van der Waals surface area contributed by atoms with Crippen LogP contribution in [0.15, 0.2) is 77.3 Å². The van der Waals surface area contributed by atoms with E-state index in [4.69, 9.17) is 4.74 Å². The molecule has 2 amide bonds. The molecular formula is C28H29BrN2O3. The predicted molar refractivity (Wildman–Crippen MR) is 139 cm³/mol.